The van der Waals surface area contributed by atoms with Crippen LogP contribution in [0.15, 0.2) is 48.5 Å². The van der Waals surface area contributed by atoms with Crippen LogP contribution in [0.2, 0.25) is 0 Å². The molecule has 1 atom stereocenters. The lowest BCUT2D eigenvalue weighted by Gasteiger charge is -2.19. The Balaban J connectivity index is 2.10. The minimum Gasteiger partial charge on any atom is -0.492 e. The molecule has 4 heteroatoms. The number of hydrogen-bond acceptors (Lipinski definition) is 3. The largest absolute Gasteiger partial charge is 0.492 e. The van der Waals surface area contributed by atoms with E-state index in [1.54, 1.807) is 0 Å². The standard InChI is InChI=1S/C19H23NO3/c1-4-16(23-17-12-8-6-10-14(17)3)19(21)20-15-11-7-9-13-18(15)22-5-2/h6-13,16H,4-5H2,1-3H3,(H,20,21)/t16-/m0/s1. The molecule has 23 heavy (non-hydrogen) atoms. The van der Waals surface area contributed by atoms with E-state index in [-0.39, 0.29) is 5.91 Å². The maximum absolute atomic E-state index is 12.5. The first-order valence-corrected chi connectivity index (χ1v) is 7.90. The van der Waals surface area contributed by atoms with Crippen molar-refractivity contribution < 1.29 is 14.3 Å². The number of hydrogen-bond donors (Lipinski definition) is 1. The Kier molecular flexibility index (Phi) is 6.03. The molecule has 0 heterocycles. The van der Waals surface area contributed by atoms with Gasteiger partial charge in [0.25, 0.3) is 5.91 Å². The Bertz CT molecular complexity index is 655. The number of carbonyl (C=O) groups is 1. The highest BCUT2D eigenvalue weighted by molar-refractivity contribution is 5.95. The van der Waals surface area contributed by atoms with Crippen LogP contribution in [0.5, 0.6) is 11.5 Å². The first-order chi connectivity index (χ1) is 11.2. The van der Waals surface area contributed by atoms with Crippen LogP contribution in [0.25, 0.3) is 0 Å². The summed E-state index contributed by atoms with van der Waals surface area (Å²) in [6.07, 6.45) is 0.0301. The van der Waals surface area contributed by atoms with Crippen molar-refractivity contribution in [3.63, 3.8) is 0 Å². The molecular formula is C19H23NO3. The van der Waals surface area contributed by atoms with Crippen LogP contribution in [-0.2, 0) is 4.79 Å². The summed E-state index contributed by atoms with van der Waals surface area (Å²) in [7, 11) is 0. The maximum atomic E-state index is 12.5. The van der Waals surface area contributed by atoms with Gasteiger partial charge in [0.2, 0.25) is 0 Å². The van der Waals surface area contributed by atoms with E-state index >= 15 is 0 Å². The van der Waals surface area contributed by atoms with Gasteiger partial charge in [-0.2, -0.15) is 0 Å². The van der Waals surface area contributed by atoms with Crippen molar-refractivity contribution in [3.05, 3.63) is 54.1 Å². The van der Waals surface area contributed by atoms with Gasteiger partial charge in [0.15, 0.2) is 6.10 Å². The monoisotopic (exact) mass is 313 g/mol. The zero-order valence-electron chi connectivity index (χ0n) is 13.8. The third-order valence-electron chi connectivity index (χ3n) is 3.47. The van der Waals surface area contributed by atoms with Crippen LogP contribution in [0.4, 0.5) is 5.69 Å². The number of carbonyl (C=O) groups excluding carboxylic acids is 1. The van der Waals surface area contributed by atoms with Crippen LogP contribution in [0.1, 0.15) is 25.8 Å². The number of benzene rings is 2. The number of para-hydroxylation sites is 3. The molecule has 0 unspecified atom stereocenters. The molecule has 4 nitrogen and oxygen atoms in total. The fourth-order valence-electron chi connectivity index (χ4n) is 2.23. The first kappa shape index (κ1) is 16.9. The van der Waals surface area contributed by atoms with Crippen molar-refractivity contribution in [1.29, 1.82) is 0 Å². The molecule has 122 valence electrons. The Morgan fingerprint density at radius 1 is 1.04 bits per heavy atom. The molecule has 0 bridgehead atoms. The average molecular weight is 313 g/mol. The summed E-state index contributed by atoms with van der Waals surface area (Å²) in [5, 5.41) is 2.90. The first-order valence-electron chi connectivity index (χ1n) is 7.90. The molecule has 2 rings (SSSR count). The third kappa shape index (κ3) is 4.49. The highest BCUT2D eigenvalue weighted by Gasteiger charge is 2.20. The van der Waals surface area contributed by atoms with Gasteiger partial charge in [-0.1, -0.05) is 37.3 Å². The summed E-state index contributed by atoms with van der Waals surface area (Å²) in [5.74, 6) is 1.21. The zero-order valence-corrected chi connectivity index (χ0v) is 13.8. The van der Waals surface area contributed by atoms with E-state index in [2.05, 4.69) is 5.32 Å². The van der Waals surface area contributed by atoms with Crippen molar-refractivity contribution in [2.75, 3.05) is 11.9 Å². The fourth-order valence-corrected chi connectivity index (χ4v) is 2.23. The summed E-state index contributed by atoms with van der Waals surface area (Å²) in [4.78, 5) is 12.5. The topological polar surface area (TPSA) is 47.6 Å². The summed E-state index contributed by atoms with van der Waals surface area (Å²) >= 11 is 0. The Morgan fingerprint density at radius 2 is 1.70 bits per heavy atom. The Hall–Kier alpha value is -2.49. The van der Waals surface area contributed by atoms with Gasteiger partial charge >= 0.3 is 0 Å². The average Bonchev–Trinajstić information content (AvgIpc) is 2.56. The quantitative estimate of drug-likeness (QED) is 0.833. The molecule has 0 aliphatic heterocycles. The van der Waals surface area contributed by atoms with Crippen molar-refractivity contribution in [3.8, 4) is 11.5 Å². The number of aryl methyl sites for hydroxylation is 1. The Morgan fingerprint density at radius 3 is 2.35 bits per heavy atom. The smallest absolute Gasteiger partial charge is 0.265 e. The summed E-state index contributed by atoms with van der Waals surface area (Å²) in [5.41, 5.74) is 1.67. The zero-order chi connectivity index (χ0) is 16.7. The summed E-state index contributed by atoms with van der Waals surface area (Å²) < 4.78 is 11.4. The molecule has 0 saturated carbocycles. The highest BCUT2D eigenvalue weighted by atomic mass is 16.5. The second-order valence-electron chi connectivity index (χ2n) is 5.20. The van der Waals surface area contributed by atoms with E-state index in [4.69, 9.17) is 9.47 Å². The molecule has 1 N–H and O–H groups in total. The van der Waals surface area contributed by atoms with Gasteiger partial charge in [-0.25, -0.2) is 0 Å². The van der Waals surface area contributed by atoms with E-state index in [9.17, 15) is 4.79 Å². The van der Waals surface area contributed by atoms with E-state index < -0.39 is 6.10 Å². The number of amides is 1. The fraction of sp³-hybridized carbons (Fsp3) is 0.316. The lowest BCUT2D eigenvalue weighted by Crippen LogP contribution is -2.32. The van der Waals surface area contributed by atoms with Crippen molar-refractivity contribution in [2.45, 2.75) is 33.3 Å². The van der Waals surface area contributed by atoms with Gasteiger partial charge in [-0.15, -0.1) is 0 Å². The molecular weight excluding hydrogens is 290 g/mol. The maximum Gasteiger partial charge on any atom is 0.265 e. The lowest BCUT2D eigenvalue weighted by atomic mass is 10.2. The van der Waals surface area contributed by atoms with E-state index in [1.165, 1.54) is 0 Å². The summed E-state index contributed by atoms with van der Waals surface area (Å²) in [6.45, 7) is 6.35. The Labute approximate surface area is 137 Å². The SMILES string of the molecule is CCOc1ccccc1NC(=O)[C@H](CC)Oc1ccccc1C. The van der Waals surface area contributed by atoms with Gasteiger partial charge in [0.05, 0.1) is 12.3 Å². The predicted octanol–water partition coefficient (Wildman–Crippen LogP) is 4.19. The van der Waals surface area contributed by atoms with Gasteiger partial charge in [0, 0.05) is 0 Å². The van der Waals surface area contributed by atoms with Crippen LogP contribution in [0, 0.1) is 6.92 Å². The van der Waals surface area contributed by atoms with Gasteiger partial charge in [-0.05, 0) is 44.0 Å². The van der Waals surface area contributed by atoms with Gasteiger partial charge in [0.1, 0.15) is 11.5 Å². The molecule has 1 amide bonds. The summed E-state index contributed by atoms with van der Waals surface area (Å²) in [6, 6.07) is 15.1. The van der Waals surface area contributed by atoms with Crippen LogP contribution >= 0.6 is 0 Å². The van der Waals surface area contributed by atoms with Crippen molar-refractivity contribution in [2.24, 2.45) is 0 Å². The molecule has 0 aromatic heterocycles. The van der Waals surface area contributed by atoms with Gasteiger partial charge < -0.3 is 14.8 Å². The number of nitrogens with one attached hydrogen (secondary N) is 1. The molecule has 0 aliphatic rings. The second kappa shape index (κ2) is 8.22. The molecule has 0 aliphatic carbocycles. The third-order valence-corrected chi connectivity index (χ3v) is 3.47. The highest BCUT2D eigenvalue weighted by Crippen LogP contribution is 2.25. The van der Waals surface area contributed by atoms with Crippen molar-refractivity contribution >= 4 is 11.6 Å². The molecule has 0 radical (unpaired) electrons. The van der Waals surface area contributed by atoms with Crippen LogP contribution in [0.3, 0.4) is 0 Å². The predicted molar refractivity (Wildman–Crippen MR) is 92.1 cm³/mol. The minimum atomic E-state index is -0.550. The normalized spacial score (nSPS) is 11.6. The molecule has 2 aromatic carbocycles. The van der Waals surface area contributed by atoms with E-state index in [0.29, 0.717) is 24.5 Å². The minimum absolute atomic E-state index is 0.178. The second-order valence-corrected chi connectivity index (χ2v) is 5.20. The molecule has 0 saturated heterocycles. The molecule has 2 aromatic rings. The van der Waals surface area contributed by atoms with Crippen LogP contribution < -0.4 is 14.8 Å². The number of ether oxygens (including phenoxy) is 2. The number of rotatable bonds is 7. The van der Waals surface area contributed by atoms with E-state index in [1.807, 2.05) is 69.3 Å². The number of anilines is 1. The van der Waals surface area contributed by atoms with Gasteiger partial charge in [-0.3, -0.25) is 4.79 Å². The lowest BCUT2D eigenvalue weighted by molar-refractivity contribution is -0.122. The molecule has 0 fully saturated rings. The van der Waals surface area contributed by atoms with Crippen LogP contribution in [-0.4, -0.2) is 18.6 Å². The van der Waals surface area contributed by atoms with E-state index in [0.717, 1.165) is 11.3 Å². The molecule has 0 spiro atoms. The van der Waals surface area contributed by atoms with Crippen molar-refractivity contribution in [1.82, 2.24) is 0 Å².